The molecule has 1 aliphatic carbocycles. The molecule has 0 aromatic heterocycles. The molecular formula is C26H36N2. The fourth-order valence-electron chi connectivity index (χ4n) is 6.01. The number of anilines is 1. The summed E-state index contributed by atoms with van der Waals surface area (Å²) in [5.41, 5.74) is 6.53. The highest BCUT2D eigenvalue weighted by atomic mass is 15.3. The molecule has 2 atom stereocenters. The molecule has 2 unspecified atom stereocenters. The van der Waals surface area contributed by atoms with E-state index in [2.05, 4.69) is 99.9 Å². The van der Waals surface area contributed by atoms with Crippen LogP contribution < -0.4 is 4.90 Å². The summed E-state index contributed by atoms with van der Waals surface area (Å²) >= 11 is 0. The Bertz CT molecular complexity index is 848. The van der Waals surface area contributed by atoms with E-state index in [1.807, 2.05) is 0 Å². The van der Waals surface area contributed by atoms with Crippen molar-refractivity contribution in [3.63, 3.8) is 0 Å². The second-order valence-corrected chi connectivity index (χ2v) is 10.0. The summed E-state index contributed by atoms with van der Waals surface area (Å²) in [5, 5.41) is 0. The first kappa shape index (κ1) is 19.5. The van der Waals surface area contributed by atoms with Crippen LogP contribution in [0.4, 0.5) is 5.69 Å². The molecule has 0 radical (unpaired) electrons. The lowest BCUT2D eigenvalue weighted by molar-refractivity contribution is 0.190. The van der Waals surface area contributed by atoms with Gasteiger partial charge < -0.3 is 4.90 Å². The first-order valence-corrected chi connectivity index (χ1v) is 10.8. The monoisotopic (exact) mass is 376 g/mol. The van der Waals surface area contributed by atoms with Crippen molar-refractivity contribution in [2.45, 2.75) is 47.0 Å². The van der Waals surface area contributed by atoms with Crippen molar-refractivity contribution in [2.24, 2.45) is 10.8 Å². The number of aryl methyl sites for hydroxylation is 2. The molecule has 1 saturated carbocycles. The van der Waals surface area contributed by atoms with Gasteiger partial charge in [0.25, 0.3) is 0 Å². The van der Waals surface area contributed by atoms with E-state index in [1.165, 1.54) is 28.9 Å². The molecule has 2 nitrogen and oxygen atoms in total. The zero-order valence-electron chi connectivity index (χ0n) is 18.5. The maximum absolute atomic E-state index is 2.70. The number of hydrogen-bond acceptors (Lipinski definition) is 2. The van der Waals surface area contributed by atoms with E-state index in [1.54, 1.807) is 0 Å². The van der Waals surface area contributed by atoms with Gasteiger partial charge in [-0.05, 0) is 41.9 Å². The quantitative estimate of drug-likeness (QED) is 0.702. The van der Waals surface area contributed by atoms with Crippen LogP contribution in [0, 0.1) is 24.7 Å². The molecule has 2 heteroatoms. The molecule has 0 N–H and O–H groups in total. The van der Waals surface area contributed by atoms with Crippen LogP contribution in [0.3, 0.4) is 0 Å². The largest absolute Gasteiger partial charge is 0.369 e. The average Bonchev–Trinajstić information content (AvgIpc) is 3.02. The average molecular weight is 377 g/mol. The number of piperazine rings is 1. The van der Waals surface area contributed by atoms with Crippen molar-refractivity contribution in [3.05, 3.63) is 65.2 Å². The molecule has 0 bridgehead atoms. The summed E-state index contributed by atoms with van der Waals surface area (Å²) in [5.74, 6) is 0. The van der Waals surface area contributed by atoms with Crippen molar-refractivity contribution in [2.75, 3.05) is 37.6 Å². The van der Waals surface area contributed by atoms with E-state index in [9.17, 15) is 0 Å². The Hall–Kier alpha value is -1.80. The zero-order chi connectivity index (χ0) is 20.2. The van der Waals surface area contributed by atoms with E-state index in [0.29, 0.717) is 10.8 Å². The molecule has 2 aromatic rings. The maximum atomic E-state index is 2.70. The molecule has 4 rings (SSSR count). The Morgan fingerprint density at radius 2 is 1.46 bits per heavy atom. The molecule has 0 spiro atoms. The maximum Gasteiger partial charge on any atom is 0.0396 e. The molecule has 2 aliphatic rings. The van der Waals surface area contributed by atoms with E-state index in [0.717, 1.165) is 26.2 Å². The van der Waals surface area contributed by atoms with Gasteiger partial charge in [-0.1, -0.05) is 75.7 Å². The van der Waals surface area contributed by atoms with Crippen LogP contribution in [-0.4, -0.2) is 37.6 Å². The second-order valence-electron chi connectivity index (χ2n) is 10.0. The van der Waals surface area contributed by atoms with Gasteiger partial charge in [0.2, 0.25) is 0 Å². The molecule has 1 heterocycles. The van der Waals surface area contributed by atoms with Gasteiger partial charge in [-0.3, -0.25) is 4.90 Å². The van der Waals surface area contributed by atoms with E-state index in [4.69, 9.17) is 0 Å². The third kappa shape index (κ3) is 2.72. The van der Waals surface area contributed by atoms with Crippen LogP contribution in [0.2, 0.25) is 0 Å². The Morgan fingerprint density at radius 1 is 0.821 bits per heavy atom. The van der Waals surface area contributed by atoms with E-state index >= 15 is 0 Å². The Kier molecular flexibility index (Phi) is 4.62. The summed E-state index contributed by atoms with van der Waals surface area (Å²) in [7, 11) is 0. The van der Waals surface area contributed by atoms with Gasteiger partial charge in [0.05, 0.1) is 0 Å². The van der Waals surface area contributed by atoms with Gasteiger partial charge >= 0.3 is 0 Å². The highest BCUT2D eigenvalue weighted by molar-refractivity contribution is 5.54. The van der Waals surface area contributed by atoms with Crippen LogP contribution in [-0.2, 0) is 5.41 Å². The standard InChI is InChI=1S/C26H36N2/c1-20-12-13-23(21(2)18-20)28-16-14-27(15-17-28)19-25(5)24(3,4)26(25,6)22-10-8-7-9-11-22/h7-13,18H,14-17,19H2,1-6H3. The summed E-state index contributed by atoms with van der Waals surface area (Å²) in [6, 6.07) is 18.0. The number of rotatable bonds is 4. The highest BCUT2D eigenvalue weighted by Gasteiger charge is 2.77. The van der Waals surface area contributed by atoms with Crippen molar-refractivity contribution in [1.29, 1.82) is 0 Å². The highest BCUT2D eigenvalue weighted by Crippen LogP contribution is 2.78. The van der Waals surface area contributed by atoms with Gasteiger partial charge in [0.1, 0.15) is 0 Å². The normalized spacial score (nSPS) is 29.7. The summed E-state index contributed by atoms with van der Waals surface area (Å²) in [6.45, 7) is 20.1. The van der Waals surface area contributed by atoms with Crippen molar-refractivity contribution in [1.82, 2.24) is 4.90 Å². The fourth-order valence-corrected chi connectivity index (χ4v) is 6.01. The minimum Gasteiger partial charge on any atom is -0.369 e. The van der Waals surface area contributed by atoms with Crippen molar-refractivity contribution in [3.8, 4) is 0 Å². The Balaban J connectivity index is 1.45. The lowest BCUT2D eigenvalue weighted by Crippen LogP contribution is -2.48. The molecule has 28 heavy (non-hydrogen) atoms. The molecule has 150 valence electrons. The predicted molar refractivity (Wildman–Crippen MR) is 120 cm³/mol. The first-order valence-electron chi connectivity index (χ1n) is 10.8. The lowest BCUT2D eigenvalue weighted by atomic mass is 9.87. The van der Waals surface area contributed by atoms with Gasteiger partial charge in [0.15, 0.2) is 0 Å². The molecular weight excluding hydrogens is 340 g/mol. The molecule has 2 fully saturated rings. The molecule has 2 aromatic carbocycles. The SMILES string of the molecule is Cc1ccc(N2CCN(CC3(C)C(C)(C)C3(C)c3ccccc3)CC2)c(C)c1. The van der Waals surface area contributed by atoms with Gasteiger partial charge in [0, 0.05) is 43.8 Å². The number of nitrogens with zero attached hydrogens (tertiary/aromatic N) is 2. The minimum absolute atomic E-state index is 0.242. The third-order valence-corrected chi connectivity index (χ3v) is 8.63. The third-order valence-electron chi connectivity index (χ3n) is 8.63. The molecule has 1 aliphatic heterocycles. The molecule has 0 amide bonds. The zero-order valence-corrected chi connectivity index (χ0v) is 18.5. The second kappa shape index (κ2) is 6.62. The first-order chi connectivity index (χ1) is 13.2. The van der Waals surface area contributed by atoms with Gasteiger partial charge in [-0.2, -0.15) is 0 Å². The van der Waals surface area contributed by atoms with Gasteiger partial charge in [-0.15, -0.1) is 0 Å². The number of hydrogen-bond donors (Lipinski definition) is 0. The van der Waals surface area contributed by atoms with Crippen LogP contribution in [0.25, 0.3) is 0 Å². The summed E-state index contributed by atoms with van der Waals surface area (Å²) in [4.78, 5) is 5.28. The van der Waals surface area contributed by atoms with Crippen LogP contribution in [0.15, 0.2) is 48.5 Å². The minimum atomic E-state index is 0.242. The smallest absolute Gasteiger partial charge is 0.0396 e. The van der Waals surface area contributed by atoms with E-state index < -0.39 is 0 Å². The van der Waals surface area contributed by atoms with Crippen molar-refractivity contribution < 1.29 is 0 Å². The van der Waals surface area contributed by atoms with E-state index in [-0.39, 0.29) is 5.41 Å². The molecule has 1 saturated heterocycles. The van der Waals surface area contributed by atoms with Crippen LogP contribution >= 0.6 is 0 Å². The van der Waals surface area contributed by atoms with Gasteiger partial charge in [-0.25, -0.2) is 0 Å². The van der Waals surface area contributed by atoms with Crippen LogP contribution in [0.1, 0.15) is 44.4 Å². The Morgan fingerprint density at radius 3 is 2.07 bits per heavy atom. The summed E-state index contributed by atoms with van der Waals surface area (Å²) < 4.78 is 0. The van der Waals surface area contributed by atoms with Crippen LogP contribution in [0.5, 0.6) is 0 Å². The summed E-state index contributed by atoms with van der Waals surface area (Å²) in [6.07, 6.45) is 0. The Labute approximate surface area is 171 Å². The fraction of sp³-hybridized carbons (Fsp3) is 0.538. The topological polar surface area (TPSA) is 6.48 Å². The predicted octanol–water partition coefficient (Wildman–Crippen LogP) is 5.43. The lowest BCUT2D eigenvalue weighted by Gasteiger charge is -2.39. The number of benzene rings is 2. The van der Waals surface area contributed by atoms with Crippen molar-refractivity contribution >= 4 is 5.69 Å².